The fourth-order valence-corrected chi connectivity index (χ4v) is 5.32. The first-order valence-electron chi connectivity index (χ1n) is 8.63. The van der Waals surface area contributed by atoms with Gasteiger partial charge < -0.3 is 9.47 Å². The average molecular weight is 312 g/mol. The van der Waals surface area contributed by atoms with Crippen molar-refractivity contribution in [1.82, 2.24) is 0 Å². The molecule has 5 rings (SSSR count). The van der Waals surface area contributed by atoms with Crippen molar-refractivity contribution in [3.05, 3.63) is 0 Å². The van der Waals surface area contributed by atoms with E-state index in [1.165, 1.54) is 0 Å². The van der Waals surface area contributed by atoms with E-state index >= 15 is 0 Å². The Morgan fingerprint density at radius 1 is 1.09 bits per heavy atom. The maximum absolute atomic E-state index is 13.8. The Hall–Kier alpha value is -0.165. The number of hydrogen-bond acceptors (Lipinski definition) is 4. The van der Waals surface area contributed by atoms with Crippen LogP contribution in [0, 0.1) is 23.7 Å². The molecule has 4 heterocycles. The predicted molar refractivity (Wildman–Crippen MR) is 80.3 cm³/mol. The third-order valence-electron chi connectivity index (χ3n) is 6.98. The number of halogens is 1. The van der Waals surface area contributed by atoms with E-state index in [9.17, 15) is 4.39 Å². The van der Waals surface area contributed by atoms with Gasteiger partial charge >= 0.3 is 0 Å². The largest absolute Gasteiger partial charge is 0.349 e. The summed E-state index contributed by atoms with van der Waals surface area (Å²) in [5.74, 6) is 0.369. The summed E-state index contributed by atoms with van der Waals surface area (Å²) in [6.07, 6.45) is 3.42. The van der Waals surface area contributed by atoms with Crippen LogP contribution in [-0.4, -0.2) is 37.7 Å². The van der Waals surface area contributed by atoms with E-state index in [1.54, 1.807) is 0 Å². The van der Waals surface area contributed by atoms with Crippen LogP contribution >= 0.6 is 0 Å². The first kappa shape index (κ1) is 15.4. The quantitative estimate of drug-likeness (QED) is 0.549. The summed E-state index contributed by atoms with van der Waals surface area (Å²) in [4.78, 5) is 11.8. The predicted octanol–water partition coefficient (Wildman–Crippen LogP) is 2.17. The van der Waals surface area contributed by atoms with Crippen molar-refractivity contribution in [3.63, 3.8) is 0 Å². The fraction of sp³-hybridized carbons (Fsp3) is 1.00. The fourth-order valence-electron chi connectivity index (χ4n) is 5.32. The van der Waals surface area contributed by atoms with Crippen LogP contribution in [0.25, 0.3) is 0 Å². The van der Waals surface area contributed by atoms with Crippen molar-refractivity contribution < 1.29 is 23.6 Å². The molecule has 0 unspecified atom stereocenters. The van der Waals surface area contributed by atoms with Crippen molar-refractivity contribution in [1.29, 1.82) is 0 Å². The first-order chi connectivity index (χ1) is 10.3. The topological polar surface area (TPSA) is 36.9 Å². The summed E-state index contributed by atoms with van der Waals surface area (Å²) in [6.45, 7) is 5.76. The van der Waals surface area contributed by atoms with Gasteiger partial charge in [0.25, 0.3) is 0 Å². The highest BCUT2D eigenvalue weighted by molar-refractivity contribution is 6.15. The van der Waals surface area contributed by atoms with E-state index in [0.717, 1.165) is 25.7 Å². The molecule has 4 nitrogen and oxygen atoms in total. The smallest absolute Gasteiger partial charge is 0.201 e. The summed E-state index contributed by atoms with van der Waals surface area (Å²) < 4.78 is 26.1. The molecule has 1 aliphatic carbocycles. The van der Waals surface area contributed by atoms with Crippen molar-refractivity contribution in [2.45, 2.75) is 69.6 Å². The lowest BCUT2D eigenvalue weighted by Gasteiger charge is -2.62. The standard InChI is InChI=1S/C16H26BFO4/c1-9-4-5-12-10(2)15(17,8-18)20-13-16(12)11(9)6-7-14(3,19-13)21-22-16/h9-13H,4-8,17H2,1-3H3/t9-,10-,11+,12+,13+,14+,15+,16-/m1/s1. The molecule has 22 heavy (non-hydrogen) atoms. The lowest BCUT2D eigenvalue weighted by molar-refractivity contribution is -0.573. The molecule has 1 saturated carbocycles. The van der Waals surface area contributed by atoms with E-state index in [-0.39, 0.29) is 11.8 Å². The maximum Gasteiger partial charge on any atom is 0.201 e. The van der Waals surface area contributed by atoms with Crippen LogP contribution in [0.1, 0.15) is 46.5 Å². The molecular weight excluding hydrogens is 286 g/mol. The van der Waals surface area contributed by atoms with Crippen molar-refractivity contribution in [2.24, 2.45) is 23.7 Å². The van der Waals surface area contributed by atoms with Gasteiger partial charge in [0, 0.05) is 12.3 Å². The molecular formula is C16H26BFO4. The third-order valence-corrected chi connectivity index (χ3v) is 6.98. The molecule has 0 radical (unpaired) electrons. The lowest BCUT2D eigenvalue weighted by Crippen LogP contribution is -2.73. The van der Waals surface area contributed by atoms with Gasteiger partial charge in [0.1, 0.15) is 14.5 Å². The van der Waals surface area contributed by atoms with Crippen LogP contribution in [0.4, 0.5) is 4.39 Å². The second kappa shape index (κ2) is 4.68. The van der Waals surface area contributed by atoms with Gasteiger partial charge in [-0.3, -0.25) is 0 Å². The molecule has 0 aromatic rings. The van der Waals surface area contributed by atoms with Gasteiger partial charge in [0.15, 0.2) is 11.9 Å². The minimum absolute atomic E-state index is 0.0680. The molecule has 8 atom stereocenters. The van der Waals surface area contributed by atoms with E-state index in [0.29, 0.717) is 11.8 Å². The Morgan fingerprint density at radius 2 is 1.86 bits per heavy atom. The third kappa shape index (κ3) is 1.78. The second-order valence-electron chi connectivity index (χ2n) is 8.26. The Morgan fingerprint density at radius 3 is 2.59 bits per heavy atom. The Labute approximate surface area is 132 Å². The summed E-state index contributed by atoms with van der Waals surface area (Å²) in [5, 5.41) is 0. The molecule has 0 aromatic carbocycles. The van der Waals surface area contributed by atoms with Gasteiger partial charge in [-0.05, 0) is 43.9 Å². The van der Waals surface area contributed by atoms with Crippen molar-refractivity contribution in [3.8, 4) is 0 Å². The summed E-state index contributed by atoms with van der Waals surface area (Å²) >= 11 is 0. The summed E-state index contributed by atoms with van der Waals surface area (Å²) in [6, 6.07) is 0. The molecule has 5 aliphatic rings. The highest BCUT2D eigenvalue weighted by atomic mass is 19.1. The van der Waals surface area contributed by atoms with E-state index in [1.807, 2.05) is 14.8 Å². The zero-order valence-corrected chi connectivity index (χ0v) is 13.9. The number of hydrogen-bond donors (Lipinski definition) is 0. The normalized spacial score (nSPS) is 60.6. The molecule has 5 fully saturated rings. The zero-order valence-electron chi connectivity index (χ0n) is 13.9. The van der Waals surface area contributed by atoms with Crippen molar-refractivity contribution >= 4 is 7.85 Å². The van der Waals surface area contributed by atoms with Gasteiger partial charge in [-0.1, -0.05) is 13.8 Å². The highest BCUT2D eigenvalue weighted by Gasteiger charge is 2.70. The van der Waals surface area contributed by atoms with Gasteiger partial charge in [-0.15, -0.1) is 0 Å². The molecule has 4 saturated heterocycles. The lowest BCUT2D eigenvalue weighted by atomic mass is 9.52. The second-order valence-corrected chi connectivity index (χ2v) is 8.26. The Kier molecular flexibility index (Phi) is 3.27. The van der Waals surface area contributed by atoms with Crippen LogP contribution in [0.5, 0.6) is 0 Å². The average Bonchev–Trinajstić information content (AvgIpc) is 2.71. The molecule has 6 heteroatoms. The maximum atomic E-state index is 13.8. The van der Waals surface area contributed by atoms with Crippen LogP contribution in [-0.2, 0) is 19.2 Å². The first-order valence-corrected chi connectivity index (χ1v) is 8.63. The van der Waals surface area contributed by atoms with Crippen LogP contribution < -0.4 is 0 Å². The number of rotatable bonds is 1. The van der Waals surface area contributed by atoms with Gasteiger partial charge in [-0.25, -0.2) is 14.2 Å². The van der Waals surface area contributed by atoms with Crippen LogP contribution in [0.15, 0.2) is 0 Å². The molecule has 0 N–H and O–H groups in total. The van der Waals surface area contributed by atoms with Crippen molar-refractivity contribution in [2.75, 3.05) is 6.67 Å². The van der Waals surface area contributed by atoms with Crippen LogP contribution in [0.2, 0.25) is 0 Å². The minimum Gasteiger partial charge on any atom is -0.349 e. The summed E-state index contributed by atoms with van der Waals surface area (Å²) in [7, 11) is 1.86. The van der Waals surface area contributed by atoms with E-state index < -0.39 is 29.9 Å². The molecule has 4 aliphatic heterocycles. The van der Waals surface area contributed by atoms with Crippen LogP contribution in [0.3, 0.4) is 0 Å². The van der Waals surface area contributed by atoms with E-state index in [2.05, 4.69) is 13.8 Å². The summed E-state index contributed by atoms with van der Waals surface area (Å²) in [5.41, 5.74) is -1.39. The molecule has 1 spiro atoms. The minimum atomic E-state index is -0.810. The molecule has 0 aromatic heterocycles. The number of alkyl halides is 1. The number of fused-ring (bicyclic) bond motifs is 2. The van der Waals surface area contributed by atoms with Gasteiger partial charge in [0.05, 0.1) is 5.50 Å². The molecule has 2 bridgehead atoms. The SMILES string of the molecule is B[C@@]1(CF)O[C@@H]2O[C@]3(C)CC[C@H]4[C@H](C)CC[C@@H]([C@H]1C)[C@@]24OO3. The van der Waals surface area contributed by atoms with Gasteiger partial charge in [-0.2, -0.15) is 0 Å². The Balaban J connectivity index is 1.82. The molecule has 0 amide bonds. The number of ether oxygens (including phenoxy) is 2. The monoisotopic (exact) mass is 312 g/mol. The zero-order chi connectivity index (χ0) is 15.8. The van der Waals surface area contributed by atoms with Gasteiger partial charge in [0.2, 0.25) is 5.79 Å². The Bertz CT molecular complexity index is 479. The van der Waals surface area contributed by atoms with E-state index in [4.69, 9.17) is 19.2 Å². The molecule has 124 valence electrons. The highest BCUT2D eigenvalue weighted by Crippen LogP contribution is 2.61.